The van der Waals surface area contributed by atoms with Crippen molar-refractivity contribution in [2.75, 3.05) is 6.54 Å². The second-order valence-electron chi connectivity index (χ2n) is 4.75. The van der Waals surface area contributed by atoms with Gasteiger partial charge in [-0.05, 0) is 25.5 Å². The first-order valence-corrected chi connectivity index (χ1v) is 7.14. The van der Waals surface area contributed by atoms with E-state index in [-0.39, 0.29) is 23.5 Å². The maximum absolute atomic E-state index is 14.0. The van der Waals surface area contributed by atoms with Gasteiger partial charge in [0.2, 0.25) is 5.91 Å². The molecule has 0 aliphatic carbocycles. The summed E-state index contributed by atoms with van der Waals surface area (Å²) in [6, 6.07) is 2.38. The number of hydrogen-bond acceptors (Lipinski definition) is 2. The molecule has 0 aliphatic heterocycles. The van der Waals surface area contributed by atoms with Gasteiger partial charge in [0.1, 0.15) is 17.9 Å². The minimum absolute atomic E-state index is 0.0378. The average Bonchev–Trinajstić information content (AvgIpc) is 2.80. The lowest BCUT2D eigenvalue weighted by molar-refractivity contribution is -0.121. The Labute approximate surface area is 126 Å². The van der Waals surface area contributed by atoms with Crippen molar-refractivity contribution in [3.8, 4) is 0 Å². The minimum atomic E-state index is -1.02. The number of alkyl halides is 1. The molecule has 1 amide bonds. The SMILES string of the molecule is CCCNC(=O)Cn1c(C(C)Cl)nc2ccc(F)c(F)c21. The number of fused-ring (bicyclic) bond motifs is 1. The third-order valence-corrected chi connectivity index (χ3v) is 3.25. The second-order valence-corrected chi connectivity index (χ2v) is 5.41. The van der Waals surface area contributed by atoms with Crippen molar-refractivity contribution in [1.82, 2.24) is 14.9 Å². The fourth-order valence-corrected chi connectivity index (χ4v) is 2.27. The Kier molecular flexibility index (Phi) is 4.77. The predicted molar refractivity (Wildman–Crippen MR) is 77.2 cm³/mol. The summed E-state index contributed by atoms with van der Waals surface area (Å²) in [5, 5.41) is 2.16. The van der Waals surface area contributed by atoms with E-state index in [0.717, 1.165) is 12.5 Å². The molecule has 1 N–H and O–H groups in total. The summed E-state index contributed by atoms with van der Waals surface area (Å²) in [4.78, 5) is 16.1. The quantitative estimate of drug-likeness (QED) is 0.862. The average molecular weight is 316 g/mol. The molecule has 2 rings (SSSR count). The number of hydrogen-bond donors (Lipinski definition) is 1. The van der Waals surface area contributed by atoms with Crippen molar-refractivity contribution in [2.24, 2.45) is 0 Å². The van der Waals surface area contributed by atoms with Crippen LogP contribution in [0.4, 0.5) is 8.78 Å². The van der Waals surface area contributed by atoms with Gasteiger partial charge < -0.3 is 9.88 Å². The Morgan fingerprint density at radius 1 is 1.48 bits per heavy atom. The van der Waals surface area contributed by atoms with E-state index < -0.39 is 17.0 Å². The largest absolute Gasteiger partial charge is 0.355 e. The molecule has 114 valence electrons. The number of carbonyl (C=O) groups is 1. The van der Waals surface area contributed by atoms with Gasteiger partial charge in [-0.1, -0.05) is 6.92 Å². The van der Waals surface area contributed by atoms with Crippen LogP contribution >= 0.6 is 11.6 Å². The highest BCUT2D eigenvalue weighted by Gasteiger charge is 2.21. The number of halogens is 3. The first-order valence-electron chi connectivity index (χ1n) is 6.70. The number of benzene rings is 1. The van der Waals surface area contributed by atoms with Crippen LogP contribution in [0.5, 0.6) is 0 Å². The molecule has 0 radical (unpaired) electrons. The Bertz CT molecular complexity index is 670. The first kappa shape index (κ1) is 15.7. The van der Waals surface area contributed by atoms with Gasteiger partial charge in [-0.3, -0.25) is 4.79 Å². The molecule has 1 aromatic carbocycles. The number of carbonyl (C=O) groups excluding carboxylic acids is 1. The molecule has 2 aromatic rings. The lowest BCUT2D eigenvalue weighted by Crippen LogP contribution is -2.29. The van der Waals surface area contributed by atoms with Gasteiger partial charge in [0.05, 0.1) is 10.9 Å². The zero-order valence-corrected chi connectivity index (χ0v) is 12.5. The van der Waals surface area contributed by atoms with Crippen molar-refractivity contribution in [2.45, 2.75) is 32.2 Å². The van der Waals surface area contributed by atoms with Crippen LogP contribution in [0.25, 0.3) is 11.0 Å². The van der Waals surface area contributed by atoms with Crippen LogP contribution in [-0.2, 0) is 11.3 Å². The van der Waals surface area contributed by atoms with E-state index >= 15 is 0 Å². The lowest BCUT2D eigenvalue weighted by Gasteiger charge is -2.11. The number of rotatable bonds is 5. The zero-order valence-electron chi connectivity index (χ0n) is 11.8. The van der Waals surface area contributed by atoms with Gasteiger partial charge in [0.25, 0.3) is 0 Å². The summed E-state index contributed by atoms with van der Waals surface area (Å²) < 4.78 is 28.8. The van der Waals surface area contributed by atoms with Gasteiger partial charge in [-0.2, -0.15) is 0 Å². The highest BCUT2D eigenvalue weighted by atomic mass is 35.5. The van der Waals surface area contributed by atoms with Crippen LogP contribution in [0.3, 0.4) is 0 Å². The van der Waals surface area contributed by atoms with Gasteiger partial charge in [-0.15, -0.1) is 11.6 Å². The number of nitrogens with zero attached hydrogens (tertiary/aromatic N) is 2. The molecule has 1 heterocycles. The third kappa shape index (κ3) is 3.15. The predicted octanol–water partition coefficient (Wildman–Crippen LogP) is 3.14. The molecule has 1 aromatic heterocycles. The highest BCUT2D eigenvalue weighted by Crippen LogP contribution is 2.27. The summed E-state index contributed by atoms with van der Waals surface area (Å²) >= 11 is 6.03. The molecular weight excluding hydrogens is 300 g/mol. The van der Waals surface area contributed by atoms with E-state index in [2.05, 4.69) is 10.3 Å². The number of nitrogens with one attached hydrogen (secondary N) is 1. The molecule has 0 saturated heterocycles. The molecule has 0 bridgehead atoms. The minimum Gasteiger partial charge on any atom is -0.355 e. The van der Waals surface area contributed by atoms with Crippen molar-refractivity contribution in [1.29, 1.82) is 0 Å². The fraction of sp³-hybridized carbons (Fsp3) is 0.429. The van der Waals surface area contributed by atoms with E-state index in [1.165, 1.54) is 10.6 Å². The Balaban J connectivity index is 2.50. The Hall–Kier alpha value is -1.69. The van der Waals surface area contributed by atoms with Crippen molar-refractivity contribution in [3.05, 3.63) is 29.6 Å². The molecule has 1 unspecified atom stereocenters. The Morgan fingerprint density at radius 2 is 2.19 bits per heavy atom. The monoisotopic (exact) mass is 315 g/mol. The highest BCUT2D eigenvalue weighted by molar-refractivity contribution is 6.20. The molecule has 0 spiro atoms. The van der Waals surface area contributed by atoms with E-state index in [9.17, 15) is 13.6 Å². The summed E-state index contributed by atoms with van der Waals surface area (Å²) in [7, 11) is 0. The smallest absolute Gasteiger partial charge is 0.240 e. The summed E-state index contributed by atoms with van der Waals surface area (Å²) in [6.45, 7) is 3.96. The van der Waals surface area contributed by atoms with Gasteiger partial charge in [-0.25, -0.2) is 13.8 Å². The van der Waals surface area contributed by atoms with Gasteiger partial charge in [0, 0.05) is 6.54 Å². The number of aromatic nitrogens is 2. The van der Waals surface area contributed by atoms with Gasteiger partial charge >= 0.3 is 0 Å². The number of amides is 1. The normalized spacial score (nSPS) is 12.6. The first-order chi connectivity index (χ1) is 9.95. The van der Waals surface area contributed by atoms with E-state index in [4.69, 9.17) is 11.6 Å². The summed E-state index contributed by atoms with van der Waals surface area (Å²) in [6.07, 6.45) is 0.790. The molecular formula is C14H16ClF2N3O. The molecule has 0 aliphatic rings. The lowest BCUT2D eigenvalue weighted by atomic mass is 10.3. The molecule has 7 heteroatoms. The third-order valence-electron chi connectivity index (χ3n) is 3.06. The van der Waals surface area contributed by atoms with Crippen LogP contribution in [0.1, 0.15) is 31.5 Å². The van der Waals surface area contributed by atoms with Crippen molar-refractivity contribution >= 4 is 28.5 Å². The molecule has 1 atom stereocenters. The second kappa shape index (κ2) is 6.39. The topological polar surface area (TPSA) is 46.9 Å². The molecule has 4 nitrogen and oxygen atoms in total. The Morgan fingerprint density at radius 3 is 2.81 bits per heavy atom. The molecule has 0 saturated carbocycles. The maximum Gasteiger partial charge on any atom is 0.240 e. The van der Waals surface area contributed by atoms with Crippen molar-refractivity contribution < 1.29 is 13.6 Å². The van der Waals surface area contributed by atoms with Crippen LogP contribution in [0.2, 0.25) is 0 Å². The molecule has 0 fully saturated rings. The summed E-state index contributed by atoms with van der Waals surface area (Å²) in [5.74, 6) is -1.96. The van der Waals surface area contributed by atoms with E-state index in [1.54, 1.807) is 6.92 Å². The number of imidazole rings is 1. The standard InChI is InChI=1S/C14H16ClF2N3O/c1-3-6-18-11(21)7-20-13-10(19-14(20)8(2)15)5-4-9(16)12(13)17/h4-5,8H,3,6-7H2,1-2H3,(H,18,21). The van der Waals surface area contributed by atoms with Crippen LogP contribution in [-0.4, -0.2) is 22.0 Å². The van der Waals surface area contributed by atoms with E-state index in [1.807, 2.05) is 6.92 Å². The maximum atomic E-state index is 14.0. The fourth-order valence-electron chi connectivity index (χ4n) is 2.10. The summed E-state index contributed by atoms with van der Waals surface area (Å²) in [5.41, 5.74) is 0.240. The zero-order chi connectivity index (χ0) is 15.6. The van der Waals surface area contributed by atoms with Gasteiger partial charge in [0.15, 0.2) is 11.6 Å². The van der Waals surface area contributed by atoms with Crippen molar-refractivity contribution in [3.63, 3.8) is 0 Å². The van der Waals surface area contributed by atoms with Crippen LogP contribution in [0.15, 0.2) is 12.1 Å². The molecule has 21 heavy (non-hydrogen) atoms. The van der Waals surface area contributed by atoms with Crippen LogP contribution < -0.4 is 5.32 Å². The van der Waals surface area contributed by atoms with Crippen LogP contribution in [0, 0.1) is 11.6 Å². The van der Waals surface area contributed by atoms with E-state index in [0.29, 0.717) is 12.4 Å².